The second-order valence-electron chi connectivity index (χ2n) is 3.85. The second-order valence-corrected chi connectivity index (χ2v) is 4.70. The lowest BCUT2D eigenvalue weighted by Gasteiger charge is -2.08. The summed E-state index contributed by atoms with van der Waals surface area (Å²) in [4.78, 5) is 0. The van der Waals surface area contributed by atoms with Gasteiger partial charge in [0.15, 0.2) is 0 Å². The van der Waals surface area contributed by atoms with Crippen LogP contribution >= 0.6 is 15.9 Å². The molecule has 2 aromatic carbocycles. The predicted molar refractivity (Wildman–Crippen MR) is 68.6 cm³/mol. The highest BCUT2D eigenvalue weighted by molar-refractivity contribution is 9.10. The van der Waals surface area contributed by atoms with E-state index in [1.54, 1.807) is 18.2 Å². The van der Waals surface area contributed by atoms with Crippen LogP contribution in [0.4, 0.5) is 14.5 Å². The Morgan fingerprint density at radius 3 is 2.47 bits per heavy atom. The van der Waals surface area contributed by atoms with Gasteiger partial charge in [0, 0.05) is 5.69 Å². The third kappa shape index (κ3) is 2.31. The third-order valence-corrected chi connectivity index (χ3v) is 3.04. The SMILES string of the molecule is Cc1cc(N)cc(-c2c(F)ccc(Br)c2F)c1. The van der Waals surface area contributed by atoms with E-state index in [2.05, 4.69) is 15.9 Å². The summed E-state index contributed by atoms with van der Waals surface area (Å²) in [6, 6.07) is 7.57. The zero-order valence-corrected chi connectivity index (χ0v) is 10.7. The Morgan fingerprint density at radius 1 is 1.12 bits per heavy atom. The lowest BCUT2D eigenvalue weighted by atomic mass is 10.0. The molecule has 0 aliphatic rings. The lowest BCUT2D eigenvalue weighted by Crippen LogP contribution is -1.94. The van der Waals surface area contributed by atoms with Crippen LogP contribution in [-0.2, 0) is 0 Å². The predicted octanol–water partition coefficient (Wildman–Crippen LogP) is 4.28. The minimum absolute atomic E-state index is 0.0604. The molecule has 2 N–H and O–H groups in total. The lowest BCUT2D eigenvalue weighted by molar-refractivity contribution is 0.585. The molecular formula is C13H10BrF2N. The summed E-state index contributed by atoms with van der Waals surface area (Å²) in [5.41, 5.74) is 7.41. The molecule has 88 valence electrons. The summed E-state index contributed by atoms with van der Waals surface area (Å²) >= 11 is 3.04. The minimum atomic E-state index is -0.616. The summed E-state index contributed by atoms with van der Waals surface area (Å²) in [6.07, 6.45) is 0. The molecule has 0 atom stereocenters. The molecule has 0 unspecified atom stereocenters. The number of hydrogen-bond acceptors (Lipinski definition) is 1. The molecule has 0 fully saturated rings. The molecule has 0 heterocycles. The van der Waals surface area contributed by atoms with Crippen molar-refractivity contribution in [1.82, 2.24) is 0 Å². The van der Waals surface area contributed by atoms with E-state index in [9.17, 15) is 8.78 Å². The van der Waals surface area contributed by atoms with Crippen molar-refractivity contribution in [2.24, 2.45) is 0 Å². The molecule has 2 aromatic rings. The van der Waals surface area contributed by atoms with E-state index < -0.39 is 11.6 Å². The average Bonchev–Trinajstić information content (AvgIpc) is 2.23. The maximum absolute atomic E-state index is 13.9. The summed E-state index contributed by atoms with van der Waals surface area (Å²) in [6.45, 7) is 1.83. The summed E-state index contributed by atoms with van der Waals surface area (Å²) in [5.74, 6) is -1.22. The van der Waals surface area contributed by atoms with Crippen molar-refractivity contribution in [1.29, 1.82) is 0 Å². The van der Waals surface area contributed by atoms with Crippen molar-refractivity contribution in [2.75, 3.05) is 5.73 Å². The Morgan fingerprint density at radius 2 is 1.82 bits per heavy atom. The fourth-order valence-electron chi connectivity index (χ4n) is 1.75. The molecule has 2 rings (SSSR count). The fraction of sp³-hybridized carbons (Fsp3) is 0.0769. The van der Waals surface area contributed by atoms with Crippen LogP contribution in [0.15, 0.2) is 34.8 Å². The minimum Gasteiger partial charge on any atom is -0.399 e. The smallest absolute Gasteiger partial charge is 0.148 e. The Kier molecular flexibility index (Phi) is 3.15. The van der Waals surface area contributed by atoms with Crippen LogP contribution in [0.3, 0.4) is 0 Å². The Balaban J connectivity index is 2.72. The Hall–Kier alpha value is -1.42. The molecule has 0 radical (unpaired) electrons. The Bertz CT molecular complexity index is 562. The monoisotopic (exact) mass is 297 g/mol. The van der Waals surface area contributed by atoms with Gasteiger partial charge in [0.1, 0.15) is 11.6 Å². The topological polar surface area (TPSA) is 26.0 Å². The molecular weight excluding hydrogens is 288 g/mol. The highest BCUT2D eigenvalue weighted by atomic mass is 79.9. The first-order valence-electron chi connectivity index (χ1n) is 5.00. The highest BCUT2D eigenvalue weighted by Gasteiger charge is 2.14. The standard InChI is InChI=1S/C13H10BrF2N/c1-7-4-8(6-9(17)5-7)12-11(15)3-2-10(14)13(12)16/h2-6H,17H2,1H3. The van der Waals surface area contributed by atoms with E-state index in [4.69, 9.17) is 5.73 Å². The van der Waals surface area contributed by atoms with Gasteiger partial charge in [0.25, 0.3) is 0 Å². The number of rotatable bonds is 1. The number of nitrogens with two attached hydrogens (primary N) is 1. The number of anilines is 1. The van der Waals surface area contributed by atoms with E-state index in [-0.39, 0.29) is 10.0 Å². The molecule has 17 heavy (non-hydrogen) atoms. The van der Waals surface area contributed by atoms with Gasteiger partial charge in [0.05, 0.1) is 10.0 Å². The van der Waals surface area contributed by atoms with Crippen molar-refractivity contribution < 1.29 is 8.78 Å². The molecule has 0 aliphatic heterocycles. The third-order valence-electron chi connectivity index (χ3n) is 2.43. The largest absolute Gasteiger partial charge is 0.399 e. The Labute approximate surface area is 106 Å². The van der Waals surface area contributed by atoms with E-state index in [1.807, 2.05) is 6.92 Å². The highest BCUT2D eigenvalue weighted by Crippen LogP contribution is 2.32. The number of halogens is 3. The van der Waals surface area contributed by atoms with E-state index in [0.29, 0.717) is 11.3 Å². The van der Waals surface area contributed by atoms with Crippen LogP contribution in [0, 0.1) is 18.6 Å². The van der Waals surface area contributed by atoms with Crippen molar-refractivity contribution in [3.05, 3.63) is 52.0 Å². The molecule has 4 heteroatoms. The van der Waals surface area contributed by atoms with Crippen LogP contribution in [0.2, 0.25) is 0 Å². The van der Waals surface area contributed by atoms with Crippen LogP contribution in [0.1, 0.15) is 5.56 Å². The van der Waals surface area contributed by atoms with Gasteiger partial charge < -0.3 is 5.73 Å². The van der Waals surface area contributed by atoms with E-state index >= 15 is 0 Å². The molecule has 0 bridgehead atoms. The first-order chi connectivity index (χ1) is 7.99. The first-order valence-corrected chi connectivity index (χ1v) is 5.79. The summed E-state index contributed by atoms with van der Waals surface area (Å²) in [5, 5.41) is 0. The zero-order chi connectivity index (χ0) is 12.6. The van der Waals surface area contributed by atoms with E-state index in [0.717, 1.165) is 5.56 Å². The normalized spacial score (nSPS) is 10.6. The van der Waals surface area contributed by atoms with E-state index in [1.165, 1.54) is 12.1 Å². The second kappa shape index (κ2) is 4.45. The van der Waals surface area contributed by atoms with Gasteiger partial charge in [-0.25, -0.2) is 8.78 Å². The summed E-state index contributed by atoms with van der Waals surface area (Å²) < 4.78 is 27.8. The first kappa shape index (κ1) is 12.0. The van der Waals surface area contributed by atoms with Crippen molar-refractivity contribution in [2.45, 2.75) is 6.92 Å². The molecule has 0 spiro atoms. The van der Waals surface area contributed by atoms with Gasteiger partial charge >= 0.3 is 0 Å². The average molecular weight is 298 g/mol. The number of benzene rings is 2. The number of aryl methyl sites for hydroxylation is 1. The maximum Gasteiger partial charge on any atom is 0.148 e. The number of nitrogen functional groups attached to an aromatic ring is 1. The fourth-order valence-corrected chi connectivity index (χ4v) is 2.08. The molecule has 0 aliphatic carbocycles. The summed E-state index contributed by atoms with van der Waals surface area (Å²) in [7, 11) is 0. The van der Waals surface area contributed by atoms with Gasteiger partial charge in [-0.1, -0.05) is 6.07 Å². The van der Waals surface area contributed by atoms with Crippen LogP contribution < -0.4 is 5.73 Å². The van der Waals surface area contributed by atoms with Crippen molar-refractivity contribution >= 4 is 21.6 Å². The van der Waals surface area contributed by atoms with Gasteiger partial charge in [-0.3, -0.25) is 0 Å². The van der Waals surface area contributed by atoms with Crippen molar-refractivity contribution in [3.63, 3.8) is 0 Å². The molecule has 1 nitrogen and oxygen atoms in total. The van der Waals surface area contributed by atoms with Gasteiger partial charge in [-0.2, -0.15) is 0 Å². The van der Waals surface area contributed by atoms with Crippen LogP contribution in [0.5, 0.6) is 0 Å². The van der Waals surface area contributed by atoms with Gasteiger partial charge in [-0.15, -0.1) is 0 Å². The molecule has 0 aromatic heterocycles. The van der Waals surface area contributed by atoms with Gasteiger partial charge in [0.2, 0.25) is 0 Å². The van der Waals surface area contributed by atoms with Crippen LogP contribution in [0.25, 0.3) is 11.1 Å². The van der Waals surface area contributed by atoms with Crippen molar-refractivity contribution in [3.8, 4) is 11.1 Å². The van der Waals surface area contributed by atoms with Crippen LogP contribution in [-0.4, -0.2) is 0 Å². The zero-order valence-electron chi connectivity index (χ0n) is 9.10. The molecule has 0 saturated carbocycles. The maximum atomic E-state index is 13.9. The quantitative estimate of drug-likeness (QED) is 0.617. The van der Waals surface area contributed by atoms with Gasteiger partial charge in [-0.05, 0) is 58.2 Å². The number of hydrogen-bond donors (Lipinski definition) is 1. The molecule has 0 amide bonds. The molecule has 0 saturated heterocycles.